The van der Waals surface area contributed by atoms with Gasteiger partial charge in [0.05, 0.1) is 6.04 Å². The maximum atomic E-state index is 12.7. The standard InChI is InChI=1S/C12H17ClF2N4O2S/c13-12-10(22(16,20)21)1-2-11(18-12)17-8-3-4-19(7-8)9(5-14)6-15/h1-2,8-9H,3-7H2,(H,17,18)(H2,16,20,21)/t8-/m1/s1. The Morgan fingerprint density at radius 3 is 2.68 bits per heavy atom. The van der Waals surface area contributed by atoms with Crippen molar-refractivity contribution in [2.75, 3.05) is 31.8 Å². The number of pyridine rings is 1. The van der Waals surface area contributed by atoms with E-state index in [-0.39, 0.29) is 16.1 Å². The monoisotopic (exact) mass is 354 g/mol. The van der Waals surface area contributed by atoms with Crippen molar-refractivity contribution in [3.63, 3.8) is 0 Å². The summed E-state index contributed by atoms with van der Waals surface area (Å²) < 4.78 is 47.8. The third-order valence-electron chi connectivity index (χ3n) is 3.57. The van der Waals surface area contributed by atoms with Crippen LogP contribution in [-0.2, 0) is 10.0 Å². The van der Waals surface area contributed by atoms with Crippen LogP contribution in [0.3, 0.4) is 0 Å². The molecule has 6 nitrogen and oxygen atoms in total. The molecule has 10 heteroatoms. The molecule has 0 aromatic carbocycles. The Hall–Kier alpha value is -1.03. The molecule has 0 saturated carbocycles. The highest BCUT2D eigenvalue weighted by Gasteiger charge is 2.28. The zero-order chi connectivity index (χ0) is 16.3. The molecular weight excluding hydrogens is 338 g/mol. The second kappa shape index (κ2) is 7.03. The minimum atomic E-state index is -3.92. The zero-order valence-corrected chi connectivity index (χ0v) is 13.2. The Morgan fingerprint density at radius 1 is 1.45 bits per heavy atom. The second-order valence-electron chi connectivity index (χ2n) is 5.12. The van der Waals surface area contributed by atoms with Gasteiger partial charge in [-0.25, -0.2) is 27.3 Å². The largest absolute Gasteiger partial charge is 0.366 e. The zero-order valence-electron chi connectivity index (χ0n) is 11.7. The van der Waals surface area contributed by atoms with Crippen LogP contribution in [0.1, 0.15) is 6.42 Å². The minimum Gasteiger partial charge on any atom is -0.366 e. The lowest BCUT2D eigenvalue weighted by Gasteiger charge is -2.22. The third kappa shape index (κ3) is 4.03. The van der Waals surface area contributed by atoms with Crippen LogP contribution in [0.2, 0.25) is 5.15 Å². The van der Waals surface area contributed by atoms with Crippen LogP contribution in [-0.4, -0.2) is 56.8 Å². The normalized spacial score (nSPS) is 19.8. The van der Waals surface area contributed by atoms with Crippen molar-refractivity contribution >= 4 is 27.4 Å². The number of halogens is 3. The van der Waals surface area contributed by atoms with Crippen molar-refractivity contribution in [3.05, 3.63) is 17.3 Å². The number of primary sulfonamides is 1. The van der Waals surface area contributed by atoms with Crippen molar-refractivity contribution in [1.29, 1.82) is 0 Å². The van der Waals surface area contributed by atoms with Gasteiger partial charge in [0, 0.05) is 19.1 Å². The molecule has 0 unspecified atom stereocenters. The topological polar surface area (TPSA) is 88.3 Å². The molecule has 2 rings (SSSR count). The second-order valence-corrected chi connectivity index (χ2v) is 7.01. The number of nitrogens with zero attached hydrogens (tertiary/aromatic N) is 2. The van der Waals surface area contributed by atoms with Crippen LogP contribution < -0.4 is 10.5 Å². The Morgan fingerprint density at radius 2 is 2.14 bits per heavy atom. The van der Waals surface area contributed by atoms with E-state index in [1.807, 2.05) is 0 Å². The van der Waals surface area contributed by atoms with E-state index in [0.717, 1.165) is 0 Å². The van der Waals surface area contributed by atoms with E-state index in [0.29, 0.717) is 25.3 Å². The molecule has 3 N–H and O–H groups in total. The number of hydrogen-bond donors (Lipinski definition) is 2. The van der Waals surface area contributed by atoms with E-state index in [1.165, 1.54) is 12.1 Å². The summed E-state index contributed by atoms with van der Waals surface area (Å²) in [6.45, 7) is -0.388. The molecule has 0 radical (unpaired) electrons. The molecule has 1 aliphatic heterocycles. The number of aromatic nitrogens is 1. The van der Waals surface area contributed by atoms with Gasteiger partial charge in [-0.2, -0.15) is 0 Å². The average molecular weight is 355 g/mol. The van der Waals surface area contributed by atoms with Crippen molar-refractivity contribution in [2.24, 2.45) is 5.14 Å². The van der Waals surface area contributed by atoms with Gasteiger partial charge in [-0.1, -0.05) is 11.6 Å². The van der Waals surface area contributed by atoms with Gasteiger partial charge in [0.1, 0.15) is 24.1 Å². The summed E-state index contributed by atoms with van der Waals surface area (Å²) in [5, 5.41) is 7.86. The van der Waals surface area contributed by atoms with E-state index in [4.69, 9.17) is 16.7 Å². The number of nitrogens with one attached hydrogen (secondary N) is 1. The van der Waals surface area contributed by atoms with Crippen molar-refractivity contribution < 1.29 is 17.2 Å². The molecule has 1 saturated heterocycles. The fourth-order valence-electron chi connectivity index (χ4n) is 2.40. The number of rotatable bonds is 6. The quantitative estimate of drug-likeness (QED) is 0.749. The maximum absolute atomic E-state index is 12.7. The highest BCUT2D eigenvalue weighted by molar-refractivity contribution is 7.89. The van der Waals surface area contributed by atoms with E-state index in [9.17, 15) is 17.2 Å². The molecule has 0 aliphatic carbocycles. The summed E-state index contributed by atoms with van der Waals surface area (Å²) in [4.78, 5) is 5.43. The van der Waals surface area contributed by atoms with E-state index in [2.05, 4.69) is 10.3 Å². The van der Waals surface area contributed by atoms with Gasteiger partial charge >= 0.3 is 0 Å². The van der Waals surface area contributed by atoms with Gasteiger partial charge in [-0.05, 0) is 18.6 Å². The molecule has 0 bridgehead atoms. The van der Waals surface area contributed by atoms with Crippen LogP contribution in [0.15, 0.2) is 17.0 Å². The molecule has 22 heavy (non-hydrogen) atoms. The predicted molar refractivity (Wildman–Crippen MR) is 80.0 cm³/mol. The number of hydrogen-bond acceptors (Lipinski definition) is 5. The van der Waals surface area contributed by atoms with E-state index in [1.54, 1.807) is 4.90 Å². The molecule has 1 atom stereocenters. The van der Waals surface area contributed by atoms with Crippen molar-refractivity contribution in [3.8, 4) is 0 Å². The molecular formula is C12H17ClF2N4O2S. The molecule has 1 fully saturated rings. The lowest BCUT2D eigenvalue weighted by Crippen LogP contribution is -2.38. The van der Waals surface area contributed by atoms with Crippen molar-refractivity contribution in [2.45, 2.75) is 23.4 Å². The summed E-state index contributed by atoms with van der Waals surface area (Å²) >= 11 is 5.80. The lowest BCUT2D eigenvalue weighted by molar-refractivity contribution is 0.166. The highest BCUT2D eigenvalue weighted by atomic mass is 35.5. The van der Waals surface area contributed by atoms with Crippen LogP contribution in [0.5, 0.6) is 0 Å². The van der Waals surface area contributed by atoms with E-state index < -0.39 is 29.4 Å². The summed E-state index contributed by atoms with van der Waals surface area (Å²) in [5.74, 6) is 0.390. The van der Waals surface area contributed by atoms with Gasteiger partial charge in [-0.15, -0.1) is 0 Å². The summed E-state index contributed by atoms with van der Waals surface area (Å²) in [6.07, 6.45) is 0.701. The van der Waals surface area contributed by atoms with Gasteiger partial charge in [0.15, 0.2) is 5.15 Å². The average Bonchev–Trinajstić information content (AvgIpc) is 2.87. The number of likely N-dealkylation sites (tertiary alicyclic amines) is 1. The molecule has 1 aromatic heterocycles. The maximum Gasteiger partial charge on any atom is 0.241 e. The molecule has 1 aromatic rings. The SMILES string of the molecule is NS(=O)(=O)c1ccc(N[C@@H]2CCN(C(CF)CF)C2)nc1Cl. The van der Waals surface area contributed by atoms with Gasteiger partial charge in [0.2, 0.25) is 10.0 Å². The van der Waals surface area contributed by atoms with Crippen LogP contribution in [0.25, 0.3) is 0 Å². The third-order valence-corrected chi connectivity index (χ3v) is 4.91. The minimum absolute atomic E-state index is 0.0375. The Bertz CT molecular complexity index is 628. The summed E-state index contributed by atoms with van der Waals surface area (Å²) in [5.41, 5.74) is 0. The Balaban J connectivity index is 2.02. The van der Waals surface area contributed by atoms with E-state index >= 15 is 0 Å². The molecule has 0 spiro atoms. The fourth-order valence-corrected chi connectivity index (χ4v) is 3.41. The molecule has 124 valence electrons. The molecule has 2 heterocycles. The fraction of sp³-hybridized carbons (Fsp3) is 0.583. The first kappa shape index (κ1) is 17.3. The predicted octanol–water partition coefficient (Wildman–Crippen LogP) is 1.18. The van der Waals surface area contributed by atoms with Crippen LogP contribution in [0, 0.1) is 0 Å². The number of nitrogens with two attached hydrogens (primary N) is 1. The molecule has 1 aliphatic rings. The Labute approximate surface area is 132 Å². The smallest absolute Gasteiger partial charge is 0.241 e. The molecule has 0 amide bonds. The summed E-state index contributed by atoms with van der Waals surface area (Å²) in [7, 11) is -3.92. The summed E-state index contributed by atoms with van der Waals surface area (Å²) in [6, 6.07) is 1.97. The lowest BCUT2D eigenvalue weighted by atomic mass is 10.2. The van der Waals surface area contributed by atoms with Gasteiger partial charge in [-0.3, -0.25) is 4.90 Å². The van der Waals surface area contributed by atoms with Crippen LogP contribution in [0.4, 0.5) is 14.6 Å². The van der Waals surface area contributed by atoms with Gasteiger partial charge in [0.25, 0.3) is 0 Å². The first-order valence-corrected chi connectivity index (χ1v) is 8.59. The van der Waals surface area contributed by atoms with Crippen LogP contribution >= 0.6 is 11.6 Å². The number of sulfonamides is 1. The highest BCUT2D eigenvalue weighted by Crippen LogP contribution is 2.22. The first-order valence-electron chi connectivity index (χ1n) is 6.67. The first-order chi connectivity index (χ1) is 10.3. The number of alkyl halides is 2. The number of anilines is 1. The van der Waals surface area contributed by atoms with Gasteiger partial charge < -0.3 is 5.32 Å². The van der Waals surface area contributed by atoms with Crippen molar-refractivity contribution in [1.82, 2.24) is 9.88 Å². The Kier molecular flexibility index (Phi) is 5.54.